The Morgan fingerprint density at radius 1 is 1.37 bits per heavy atom. The molecule has 1 fully saturated rings. The number of carbonyl (C=O) groups is 1. The van der Waals surface area contributed by atoms with Gasteiger partial charge in [0.15, 0.2) is 0 Å². The number of nitrogens with zero attached hydrogens (tertiary/aromatic N) is 1. The Kier molecular flexibility index (Phi) is 4.15. The average Bonchev–Trinajstić information content (AvgIpc) is 2.47. The van der Waals surface area contributed by atoms with E-state index in [0.29, 0.717) is 0 Å². The Bertz CT molecular complexity index is 545. The maximum absolute atomic E-state index is 12.4. The van der Waals surface area contributed by atoms with Crippen LogP contribution in [0.1, 0.15) is 0 Å². The van der Waals surface area contributed by atoms with Crippen molar-refractivity contribution in [1.82, 2.24) is 9.79 Å². The van der Waals surface area contributed by atoms with Crippen molar-refractivity contribution in [3.8, 4) is 0 Å². The van der Waals surface area contributed by atoms with E-state index in [1.165, 1.54) is 17.6 Å². The van der Waals surface area contributed by atoms with Gasteiger partial charge < -0.3 is 4.74 Å². The minimum atomic E-state index is -3.78. The normalized spacial score (nSPS) is 21.0. The first-order chi connectivity index (χ1) is 9.07. The number of rotatable bonds is 3. The second-order valence-corrected chi connectivity index (χ2v) is 5.89. The summed E-state index contributed by atoms with van der Waals surface area (Å²) < 4.78 is 31.0. The van der Waals surface area contributed by atoms with Gasteiger partial charge in [0.25, 0.3) is 5.91 Å². The van der Waals surface area contributed by atoms with E-state index in [-0.39, 0.29) is 24.7 Å². The van der Waals surface area contributed by atoms with Crippen LogP contribution < -0.4 is 5.48 Å². The smallest absolute Gasteiger partial charge is 0.264 e. The number of ether oxygens (including phenoxy) is 1. The first kappa shape index (κ1) is 13.9. The Morgan fingerprint density at radius 3 is 2.68 bits per heavy atom. The molecule has 1 saturated heterocycles. The van der Waals surface area contributed by atoms with Gasteiger partial charge in [0.05, 0.1) is 18.1 Å². The maximum Gasteiger partial charge on any atom is 0.264 e. The third-order valence-corrected chi connectivity index (χ3v) is 4.76. The molecule has 0 aromatic heterocycles. The summed E-state index contributed by atoms with van der Waals surface area (Å²) in [5, 5.41) is 8.66. The molecule has 1 aliphatic rings. The zero-order chi connectivity index (χ0) is 13.9. The highest BCUT2D eigenvalue weighted by Gasteiger charge is 2.38. The number of hydroxylamine groups is 1. The maximum atomic E-state index is 12.4. The summed E-state index contributed by atoms with van der Waals surface area (Å²) in [6.07, 6.45) is 0. The molecule has 0 aliphatic carbocycles. The van der Waals surface area contributed by atoms with E-state index >= 15 is 0 Å². The Labute approximate surface area is 110 Å². The van der Waals surface area contributed by atoms with E-state index in [1.807, 2.05) is 0 Å². The summed E-state index contributed by atoms with van der Waals surface area (Å²) in [7, 11) is -3.78. The molecule has 1 atom stereocenters. The first-order valence-corrected chi connectivity index (χ1v) is 7.10. The van der Waals surface area contributed by atoms with Crippen LogP contribution in [0.5, 0.6) is 0 Å². The van der Waals surface area contributed by atoms with Crippen LogP contribution in [-0.2, 0) is 19.6 Å². The van der Waals surface area contributed by atoms with Crippen molar-refractivity contribution < 1.29 is 23.2 Å². The highest BCUT2D eigenvalue weighted by atomic mass is 32.2. The highest BCUT2D eigenvalue weighted by molar-refractivity contribution is 7.89. The SMILES string of the molecule is O=C(NO)C1COCCN1S(=O)(=O)c1ccccc1. The fourth-order valence-corrected chi connectivity index (χ4v) is 3.46. The molecule has 0 radical (unpaired) electrons. The molecule has 1 aromatic rings. The predicted octanol–water partition coefficient (Wildman–Crippen LogP) is -0.418. The lowest BCUT2D eigenvalue weighted by atomic mass is 10.3. The van der Waals surface area contributed by atoms with Gasteiger partial charge in [0, 0.05) is 6.54 Å². The van der Waals surface area contributed by atoms with Gasteiger partial charge >= 0.3 is 0 Å². The van der Waals surface area contributed by atoms with Crippen molar-refractivity contribution in [3.05, 3.63) is 30.3 Å². The molecule has 0 saturated carbocycles. The van der Waals surface area contributed by atoms with Gasteiger partial charge in [-0.05, 0) is 12.1 Å². The molecule has 1 aromatic carbocycles. The molecule has 104 valence electrons. The van der Waals surface area contributed by atoms with Crippen LogP contribution in [0.15, 0.2) is 35.2 Å². The summed E-state index contributed by atoms with van der Waals surface area (Å²) in [5.41, 5.74) is 1.46. The predicted molar refractivity (Wildman–Crippen MR) is 64.9 cm³/mol. The number of hydrogen-bond acceptors (Lipinski definition) is 5. The zero-order valence-electron chi connectivity index (χ0n) is 10.0. The number of amides is 1. The number of hydrogen-bond donors (Lipinski definition) is 2. The van der Waals surface area contributed by atoms with Gasteiger partial charge in [-0.15, -0.1) is 0 Å². The topological polar surface area (TPSA) is 95.9 Å². The van der Waals surface area contributed by atoms with Crippen LogP contribution in [0, 0.1) is 0 Å². The molecule has 7 nitrogen and oxygen atoms in total. The molecule has 2 rings (SSSR count). The molecule has 2 N–H and O–H groups in total. The highest BCUT2D eigenvalue weighted by Crippen LogP contribution is 2.20. The van der Waals surface area contributed by atoms with Crippen LogP contribution >= 0.6 is 0 Å². The van der Waals surface area contributed by atoms with E-state index in [4.69, 9.17) is 9.94 Å². The van der Waals surface area contributed by atoms with Gasteiger partial charge in [-0.3, -0.25) is 10.0 Å². The zero-order valence-corrected chi connectivity index (χ0v) is 10.8. The van der Waals surface area contributed by atoms with Crippen LogP contribution in [0.3, 0.4) is 0 Å². The van der Waals surface area contributed by atoms with Gasteiger partial charge in [-0.1, -0.05) is 18.2 Å². The van der Waals surface area contributed by atoms with Crippen molar-refractivity contribution in [2.24, 2.45) is 0 Å². The molecule has 1 heterocycles. The number of morpholine rings is 1. The van der Waals surface area contributed by atoms with Gasteiger partial charge in [0.2, 0.25) is 10.0 Å². The lowest BCUT2D eigenvalue weighted by Crippen LogP contribution is -2.55. The fraction of sp³-hybridized carbons (Fsp3) is 0.364. The largest absolute Gasteiger partial charge is 0.378 e. The Hall–Kier alpha value is -1.48. The number of nitrogens with one attached hydrogen (secondary N) is 1. The molecule has 1 aliphatic heterocycles. The molecular weight excluding hydrogens is 272 g/mol. The number of sulfonamides is 1. The molecular formula is C11H14N2O5S. The van der Waals surface area contributed by atoms with Crippen LogP contribution in [0.4, 0.5) is 0 Å². The second-order valence-electron chi connectivity index (χ2n) is 4.00. The fourth-order valence-electron chi connectivity index (χ4n) is 1.88. The van der Waals surface area contributed by atoms with Gasteiger partial charge in [-0.2, -0.15) is 4.31 Å². The molecule has 0 spiro atoms. The third-order valence-electron chi connectivity index (χ3n) is 2.84. The van der Waals surface area contributed by atoms with E-state index in [0.717, 1.165) is 4.31 Å². The summed E-state index contributed by atoms with van der Waals surface area (Å²) in [6.45, 7) is 0.190. The Morgan fingerprint density at radius 2 is 2.05 bits per heavy atom. The summed E-state index contributed by atoms with van der Waals surface area (Å²) in [5.74, 6) is -0.806. The lowest BCUT2D eigenvalue weighted by Gasteiger charge is -2.32. The van der Waals surface area contributed by atoms with Crippen molar-refractivity contribution in [2.75, 3.05) is 19.8 Å². The van der Waals surface area contributed by atoms with Gasteiger partial charge in [0.1, 0.15) is 6.04 Å². The molecule has 8 heteroatoms. The summed E-state index contributed by atoms with van der Waals surface area (Å²) in [6, 6.07) is 6.76. The molecule has 0 bridgehead atoms. The van der Waals surface area contributed by atoms with E-state index < -0.39 is 22.0 Å². The van der Waals surface area contributed by atoms with Crippen molar-refractivity contribution >= 4 is 15.9 Å². The monoisotopic (exact) mass is 286 g/mol. The minimum Gasteiger partial charge on any atom is -0.378 e. The van der Waals surface area contributed by atoms with E-state index in [9.17, 15) is 13.2 Å². The lowest BCUT2D eigenvalue weighted by molar-refractivity contribution is -0.137. The molecule has 1 amide bonds. The van der Waals surface area contributed by atoms with Crippen LogP contribution in [0.25, 0.3) is 0 Å². The number of carbonyl (C=O) groups excluding carboxylic acids is 1. The van der Waals surface area contributed by atoms with E-state index in [1.54, 1.807) is 18.2 Å². The van der Waals surface area contributed by atoms with Gasteiger partial charge in [-0.25, -0.2) is 13.9 Å². The number of benzene rings is 1. The second kappa shape index (κ2) is 5.66. The summed E-state index contributed by atoms with van der Waals surface area (Å²) in [4.78, 5) is 11.6. The quantitative estimate of drug-likeness (QED) is 0.581. The average molecular weight is 286 g/mol. The standard InChI is InChI=1S/C11H14N2O5S/c14-11(12-15)10-8-18-7-6-13(10)19(16,17)9-4-2-1-3-5-9/h1-5,10,15H,6-8H2,(H,12,14). The Balaban J connectivity index is 2.35. The summed E-state index contributed by atoms with van der Waals surface area (Å²) >= 11 is 0. The van der Waals surface area contributed by atoms with Crippen molar-refractivity contribution in [2.45, 2.75) is 10.9 Å². The first-order valence-electron chi connectivity index (χ1n) is 5.66. The van der Waals surface area contributed by atoms with Crippen LogP contribution in [0.2, 0.25) is 0 Å². The molecule has 1 unspecified atom stereocenters. The van der Waals surface area contributed by atoms with Crippen molar-refractivity contribution in [1.29, 1.82) is 0 Å². The van der Waals surface area contributed by atoms with E-state index in [2.05, 4.69) is 0 Å². The minimum absolute atomic E-state index is 0.0648. The molecule has 19 heavy (non-hydrogen) atoms. The van der Waals surface area contributed by atoms with Crippen LogP contribution in [-0.4, -0.2) is 49.6 Å². The van der Waals surface area contributed by atoms with Crippen molar-refractivity contribution in [3.63, 3.8) is 0 Å². The third kappa shape index (κ3) is 2.76.